The molecule has 0 amide bonds. The van der Waals surface area contributed by atoms with Crippen molar-refractivity contribution in [3.63, 3.8) is 0 Å². The highest BCUT2D eigenvalue weighted by Crippen LogP contribution is 2.15. The third-order valence-electron chi connectivity index (χ3n) is 10.8. The second kappa shape index (κ2) is 49.5. The molecule has 0 saturated carbocycles. The van der Waals surface area contributed by atoms with Crippen LogP contribution in [0.4, 0.5) is 0 Å². The Morgan fingerprint density at radius 2 is 0.721 bits per heavy atom. The van der Waals surface area contributed by atoms with Gasteiger partial charge in [-0.05, 0) is 70.6 Å². The Balaban J connectivity index is 4.42. The molecule has 0 saturated heterocycles. The third-order valence-corrected chi connectivity index (χ3v) is 10.8. The first-order valence-electron chi connectivity index (χ1n) is 25.5. The van der Waals surface area contributed by atoms with Crippen molar-refractivity contribution < 1.29 is 28.6 Å². The van der Waals surface area contributed by atoms with E-state index in [0.717, 1.165) is 116 Å². The van der Waals surface area contributed by atoms with Gasteiger partial charge in [-0.3, -0.25) is 14.4 Å². The van der Waals surface area contributed by atoms with Crippen LogP contribution in [0.2, 0.25) is 0 Å². The second-order valence-corrected chi connectivity index (χ2v) is 16.7. The van der Waals surface area contributed by atoms with Crippen LogP contribution in [-0.2, 0) is 28.6 Å². The minimum Gasteiger partial charge on any atom is -0.462 e. The predicted molar refractivity (Wildman–Crippen MR) is 261 cm³/mol. The molecular formula is C55H94O6. The summed E-state index contributed by atoms with van der Waals surface area (Å²) in [7, 11) is 0. The summed E-state index contributed by atoms with van der Waals surface area (Å²) in [6, 6.07) is 0. The lowest BCUT2D eigenvalue weighted by atomic mass is 10.0. The van der Waals surface area contributed by atoms with Crippen LogP contribution in [0.25, 0.3) is 0 Å². The van der Waals surface area contributed by atoms with Crippen molar-refractivity contribution in [3.05, 3.63) is 72.9 Å². The first-order valence-corrected chi connectivity index (χ1v) is 25.5. The molecule has 6 heteroatoms. The largest absolute Gasteiger partial charge is 0.462 e. The molecule has 6 nitrogen and oxygen atoms in total. The van der Waals surface area contributed by atoms with Gasteiger partial charge < -0.3 is 14.2 Å². The number of carbonyl (C=O) groups excluding carboxylic acids is 3. The van der Waals surface area contributed by atoms with Crippen LogP contribution < -0.4 is 0 Å². The highest BCUT2D eigenvalue weighted by Gasteiger charge is 2.19. The van der Waals surface area contributed by atoms with E-state index in [4.69, 9.17) is 14.2 Å². The van der Waals surface area contributed by atoms with E-state index in [-0.39, 0.29) is 31.1 Å². The molecule has 1 atom stereocenters. The molecule has 0 aromatic carbocycles. The molecule has 0 rings (SSSR count). The topological polar surface area (TPSA) is 78.9 Å². The van der Waals surface area contributed by atoms with Gasteiger partial charge in [0, 0.05) is 19.3 Å². The van der Waals surface area contributed by atoms with Gasteiger partial charge in [-0.25, -0.2) is 0 Å². The quantitative estimate of drug-likeness (QED) is 0.0200. The zero-order chi connectivity index (χ0) is 44.4. The minimum atomic E-state index is -0.793. The molecule has 0 aliphatic heterocycles. The predicted octanol–water partition coefficient (Wildman–Crippen LogP) is 16.6. The standard InChI is InChI=1S/C55H94O6/c1-4-7-10-13-16-19-22-25-27-28-31-33-36-39-42-45-48-54(57)60-51-52(50-59-53(56)47-44-41-38-35-32-29-24-21-18-15-12-9-6-3)61-55(58)49-46-43-40-37-34-30-26-23-20-17-14-11-8-5-2/h8-9,11-12,15,17-18,20-21,24,26,30,52H,4-7,10,13-14,16,19,22-23,25,27-29,31-51H2,1-3H3/b11-8-,12-9-,18-15-,20-17-,24-21-,30-26-. The van der Waals surface area contributed by atoms with Crippen molar-refractivity contribution in [2.75, 3.05) is 13.2 Å². The van der Waals surface area contributed by atoms with Crippen LogP contribution in [0, 0.1) is 0 Å². The van der Waals surface area contributed by atoms with Crippen LogP contribution in [0.1, 0.15) is 239 Å². The lowest BCUT2D eigenvalue weighted by molar-refractivity contribution is -0.167. The zero-order valence-corrected chi connectivity index (χ0v) is 39.9. The Hall–Kier alpha value is -3.15. The number of hydrogen-bond donors (Lipinski definition) is 0. The van der Waals surface area contributed by atoms with Gasteiger partial charge >= 0.3 is 17.9 Å². The van der Waals surface area contributed by atoms with Crippen molar-refractivity contribution in [2.45, 2.75) is 245 Å². The molecule has 0 aromatic rings. The summed E-state index contributed by atoms with van der Waals surface area (Å²) in [6.45, 7) is 6.36. The van der Waals surface area contributed by atoms with Gasteiger partial charge in [0.05, 0.1) is 0 Å². The molecule has 0 spiro atoms. The van der Waals surface area contributed by atoms with E-state index in [0.29, 0.717) is 19.3 Å². The van der Waals surface area contributed by atoms with Crippen molar-refractivity contribution in [2.24, 2.45) is 0 Å². The first kappa shape index (κ1) is 57.9. The van der Waals surface area contributed by atoms with Crippen LogP contribution in [0.15, 0.2) is 72.9 Å². The van der Waals surface area contributed by atoms with Crippen LogP contribution in [-0.4, -0.2) is 37.2 Å². The summed E-state index contributed by atoms with van der Waals surface area (Å²) in [5.74, 6) is -0.931. The summed E-state index contributed by atoms with van der Waals surface area (Å²) < 4.78 is 16.8. The monoisotopic (exact) mass is 851 g/mol. The van der Waals surface area contributed by atoms with Crippen LogP contribution >= 0.6 is 0 Å². The zero-order valence-electron chi connectivity index (χ0n) is 39.9. The smallest absolute Gasteiger partial charge is 0.306 e. The minimum absolute atomic E-state index is 0.0899. The Morgan fingerprint density at radius 1 is 0.361 bits per heavy atom. The molecule has 0 heterocycles. The summed E-state index contributed by atoms with van der Waals surface area (Å²) in [5.41, 5.74) is 0. The molecule has 0 aromatic heterocycles. The van der Waals surface area contributed by atoms with Gasteiger partial charge in [0.15, 0.2) is 6.10 Å². The molecule has 0 fully saturated rings. The Labute approximate surface area is 376 Å². The average Bonchev–Trinajstić information content (AvgIpc) is 3.26. The average molecular weight is 851 g/mol. The van der Waals surface area contributed by atoms with E-state index in [1.165, 1.54) is 83.5 Å². The molecule has 0 N–H and O–H groups in total. The van der Waals surface area contributed by atoms with Crippen molar-refractivity contribution in [1.82, 2.24) is 0 Å². The van der Waals surface area contributed by atoms with Crippen LogP contribution in [0.5, 0.6) is 0 Å². The molecule has 61 heavy (non-hydrogen) atoms. The van der Waals surface area contributed by atoms with E-state index in [9.17, 15) is 14.4 Å². The molecule has 0 aliphatic carbocycles. The van der Waals surface area contributed by atoms with E-state index < -0.39 is 6.10 Å². The van der Waals surface area contributed by atoms with E-state index >= 15 is 0 Å². The van der Waals surface area contributed by atoms with Gasteiger partial charge in [0.1, 0.15) is 13.2 Å². The van der Waals surface area contributed by atoms with Crippen molar-refractivity contribution in [3.8, 4) is 0 Å². The SMILES string of the molecule is CC\C=C/C=C\C=C/CCCCCCCC(=O)OCC(COC(=O)CCCCCCCCCCCCCCCCCC)OC(=O)CCCCCC/C=C\C/C=C\C/C=C\CC. The molecule has 0 aliphatic rings. The lowest BCUT2D eigenvalue weighted by Crippen LogP contribution is -2.30. The maximum atomic E-state index is 12.8. The summed E-state index contributed by atoms with van der Waals surface area (Å²) >= 11 is 0. The summed E-state index contributed by atoms with van der Waals surface area (Å²) in [6.07, 6.45) is 61.7. The fourth-order valence-corrected chi connectivity index (χ4v) is 6.99. The first-order chi connectivity index (χ1) is 30.0. The number of unbranched alkanes of at least 4 members (excludes halogenated alkanes) is 24. The molecule has 0 radical (unpaired) electrons. The number of allylic oxidation sites excluding steroid dienone is 12. The molecular weight excluding hydrogens is 757 g/mol. The number of rotatable bonds is 45. The van der Waals surface area contributed by atoms with E-state index in [1.54, 1.807) is 0 Å². The Morgan fingerprint density at radius 3 is 1.18 bits per heavy atom. The lowest BCUT2D eigenvalue weighted by Gasteiger charge is -2.18. The number of carbonyl (C=O) groups is 3. The van der Waals surface area contributed by atoms with E-state index in [1.807, 2.05) is 0 Å². The summed E-state index contributed by atoms with van der Waals surface area (Å²) in [4.78, 5) is 37.9. The maximum Gasteiger partial charge on any atom is 0.306 e. The maximum absolute atomic E-state index is 12.8. The number of hydrogen-bond acceptors (Lipinski definition) is 6. The van der Waals surface area contributed by atoms with Gasteiger partial charge in [-0.2, -0.15) is 0 Å². The van der Waals surface area contributed by atoms with Gasteiger partial charge in [0.2, 0.25) is 0 Å². The van der Waals surface area contributed by atoms with Gasteiger partial charge in [0.25, 0.3) is 0 Å². The van der Waals surface area contributed by atoms with Crippen molar-refractivity contribution >= 4 is 17.9 Å². The normalized spacial score (nSPS) is 12.6. The van der Waals surface area contributed by atoms with Crippen LogP contribution in [0.3, 0.4) is 0 Å². The summed E-state index contributed by atoms with van der Waals surface area (Å²) in [5, 5.41) is 0. The molecule has 1 unspecified atom stereocenters. The van der Waals surface area contributed by atoms with Gasteiger partial charge in [-0.1, -0.05) is 222 Å². The fourth-order valence-electron chi connectivity index (χ4n) is 6.99. The van der Waals surface area contributed by atoms with E-state index in [2.05, 4.69) is 93.7 Å². The fraction of sp³-hybridized carbons (Fsp3) is 0.727. The Bertz CT molecular complexity index is 1160. The number of ether oxygens (including phenoxy) is 3. The highest BCUT2D eigenvalue weighted by molar-refractivity contribution is 5.71. The third kappa shape index (κ3) is 47.7. The van der Waals surface area contributed by atoms with Crippen molar-refractivity contribution in [1.29, 1.82) is 0 Å². The Kier molecular flexibility index (Phi) is 46.9. The molecule has 0 bridgehead atoms. The molecule has 350 valence electrons. The van der Waals surface area contributed by atoms with Gasteiger partial charge in [-0.15, -0.1) is 0 Å². The highest BCUT2D eigenvalue weighted by atomic mass is 16.6. The second-order valence-electron chi connectivity index (χ2n) is 16.7. The number of esters is 3.